The fraction of sp³-hybridized carbons (Fsp3) is 0.435. The quantitative estimate of drug-likeness (QED) is 0.818. The Bertz CT molecular complexity index is 821. The molecule has 29 heavy (non-hydrogen) atoms. The molecule has 0 radical (unpaired) electrons. The number of carbonyl (C=O) groups excluding carboxylic acids is 2. The van der Waals surface area contributed by atoms with Gasteiger partial charge in [-0.05, 0) is 42.7 Å². The first kappa shape index (κ1) is 20.8. The third-order valence-electron chi connectivity index (χ3n) is 5.46. The highest BCUT2D eigenvalue weighted by atomic mass is 16.2. The van der Waals surface area contributed by atoms with Gasteiger partial charge in [0.25, 0.3) is 0 Å². The lowest BCUT2D eigenvalue weighted by Crippen LogP contribution is -2.45. The van der Waals surface area contributed by atoms with Crippen LogP contribution in [0.25, 0.3) is 0 Å². The van der Waals surface area contributed by atoms with Crippen molar-refractivity contribution >= 4 is 17.5 Å². The smallest absolute Gasteiger partial charge is 0.226 e. The van der Waals surface area contributed by atoms with Crippen LogP contribution in [0.5, 0.6) is 0 Å². The molecule has 6 heteroatoms. The minimum absolute atomic E-state index is 0.0786. The van der Waals surface area contributed by atoms with Gasteiger partial charge in [0.05, 0.1) is 18.2 Å². The highest BCUT2D eigenvalue weighted by molar-refractivity contribution is 5.79. The zero-order valence-electron chi connectivity index (χ0n) is 17.5. The maximum atomic E-state index is 12.9. The number of nitrogens with one attached hydrogen (secondary N) is 1. The average molecular weight is 395 g/mol. The van der Waals surface area contributed by atoms with Crippen LogP contribution in [0.1, 0.15) is 37.1 Å². The molecule has 0 spiro atoms. The maximum Gasteiger partial charge on any atom is 0.226 e. The van der Waals surface area contributed by atoms with Crippen LogP contribution >= 0.6 is 0 Å². The molecule has 1 N–H and O–H groups in total. The molecular formula is C23H30N4O2. The van der Waals surface area contributed by atoms with Crippen LogP contribution in [-0.2, 0) is 16.0 Å². The molecular weight excluding hydrogens is 364 g/mol. The minimum Gasteiger partial charge on any atom is -0.378 e. The van der Waals surface area contributed by atoms with E-state index in [0.29, 0.717) is 13.0 Å². The average Bonchev–Trinajstić information content (AvgIpc) is 2.73. The summed E-state index contributed by atoms with van der Waals surface area (Å²) in [5.74, 6) is 0.211. The first-order valence-electron chi connectivity index (χ1n) is 10.2. The largest absolute Gasteiger partial charge is 0.378 e. The van der Waals surface area contributed by atoms with Crippen molar-refractivity contribution in [1.82, 2.24) is 15.2 Å². The van der Waals surface area contributed by atoms with Gasteiger partial charge in [0, 0.05) is 51.9 Å². The molecule has 154 valence electrons. The minimum atomic E-state index is -0.177. The molecule has 3 rings (SSSR count). The van der Waals surface area contributed by atoms with Gasteiger partial charge in [-0.2, -0.15) is 0 Å². The van der Waals surface area contributed by atoms with E-state index in [9.17, 15) is 9.59 Å². The monoisotopic (exact) mass is 394 g/mol. The SMILES string of the molecule is CC(=O)N[C@H](c1ccccn1)[C@H]1CCCN(C(=O)Cc2ccc(N(C)C)cc2)C1. The predicted molar refractivity (Wildman–Crippen MR) is 115 cm³/mol. The van der Waals surface area contributed by atoms with Gasteiger partial charge in [0.1, 0.15) is 0 Å². The zero-order valence-corrected chi connectivity index (χ0v) is 17.5. The van der Waals surface area contributed by atoms with E-state index in [0.717, 1.165) is 36.3 Å². The summed E-state index contributed by atoms with van der Waals surface area (Å²) in [5.41, 5.74) is 2.99. The van der Waals surface area contributed by atoms with Crippen molar-refractivity contribution in [3.05, 3.63) is 59.9 Å². The van der Waals surface area contributed by atoms with Crippen molar-refractivity contribution in [1.29, 1.82) is 0 Å². The third-order valence-corrected chi connectivity index (χ3v) is 5.46. The van der Waals surface area contributed by atoms with Gasteiger partial charge < -0.3 is 15.1 Å². The second-order valence-corrected chi connectivity index (χ2v) is 7.91. The fourth-order valence-electron chi connectivity index (χ4n) is 3.92. The van der Waals surface area contributed by atoms with Gasteiger partial charge >= 0.3 is 0 Å². The molecule has 1 fully saturated rings. The molecule has 6 nitrogen and oxygen atoms in total. The van der Waals surface area contributed by atoms with E-state index in [4.69, 9.17) is 0 Å². The van der Waals surface area contributed by atoms with Crippen molar-refractivity contribution in [3.8, 4) is 0 Å². The Morgan fingerprint density at radius 2 is 1.97 bits per heavy atom. The number of rotatable bonds is 6. The van der Waals surface area contributed by atoms with Crippen molar-refractivity contribution in [2.24, 2.45) is 5.92 Å². The number of aromatic nitrogens is 1. The lowest BCUT2D eigenvalue weighted by atomic mass is 9.88. The van der Waals surface area contributed by atoms with Gasteiger partial charge in [-0.15, -0.1) is 0 Å². The lowest BCUT2D eigenvalue weighted by Gasteiger charge is -2.37. The molecule has 0 unspecified atom stereocenters. The molecule has 0 saturated carbocycles. The second-order valence-electron chi connectivity index (χ2n) is 7.91. The summed E-state index contributed by atoms with van der Waals surface area (Å²) in [6.45, 7) is 2.93. The first-order chi connectivity index (χ1) is 13.9. The Balaban J connectivity index is 1.68. The first-order valence-corrected chi connectivity index (χ1v) is 10.2. The number of nitrogens with zero attached hydrogens (tertiary/aromatic N) is 3. The van der Waals surface area contributed by atoms with E-state index in [2.05, 4.69) is 10.3 Å². The maximum absolute atomic E-state index is 12.9. The van der Waals surface area contributed by atoms with Crippen LogP contribution < -0.4 is 10.2 Å². The molecule has 1 aliphatic rings. The van der Waals surface area contributed by atoms with Crippen molar-refractivity contribution in [2.75, 3.05) is 32.1 Å². The van der Waals surface area contributed by atoms with E-state index in [1.54, 1.807) is 6.20 Å². The van der Waals surface area contributed by atoms with Crippen LogP contribution in [0.4, 0.5) is 5.69 Å². The summed E-state index contributed by atoms with van der Waals surface area (Å²) in [6.07, 6.45) is 4.03. The van der Waals surface area contributed by atoms with Gasteiger partial charge in [0.2, 0.25) is 11.8 Å². The summed E-state index contributed by atoms with van der Waals surface area (Å²) >= 11 is 0. The van der Waals surface area contributed by atoms with E-state index >= 15 is 0 Å². The Morgan fingerprint density at radius 1 is 1.21 bits per heavy atom. The number of hydrogen-bond acceptors (Lipinski definition) is 4. The van der Waals surface area contributed by atoms with Crippen molar-refractivity contribution in [2.45, 2.75) is 32.2 Å². The highest BCUT2D eigenvalue weighted by Crippen LogP contribution is 2.29. The highest BCUT2D eigenvalue weighted by Gasteiger charge is 2.31. The number of likely N-dealkylation sites (tertiary alicyclic amines) is 1. The summed E-state index contributed by atoms with van der Waals surface area (Å²) in [5, 5.41) is 3.05. The number of piperidine rings is 1. The normalized spacial score (nSPS) is 17.5. The number of pyridine rings is 1. The molecule has 0 aliphatic carbocycles. The van der Waals surface area contributed by atoms with E-state index in [1.165, 1.54) is 6.92 Å². The Labute approximate surface area is 172 Å². The topological polar surface area (TPSA) is 65.5 Å². The predicted octanol–water partition coefficient (Wildman–Crippen LogP) is 2.81. The van der Waals surface area contributed by atoms with Gasteiger partial charge in [-0.1, -0.05) is 18.2 Å². The number of anilines is 1. The molecule has 0 bridgehead atoms. The standard InChI is InChI=1S/C23H30N4O2/c1-17(28)25-23(21-8-4-5-13-24-21)19-7-6-14-27(16-19)22(29)15-18-9-11-20(12-10-18)26(2)3/h4-5,8-13,19,23H,6-7,14-16H2,1-3H3,(H,25,28)/t19-,23-/m0/s1. The molecule has 2 aromatic rings. The number of carbonyl (C=O) groups is 2. The van der Waals surface area contributed by atoms with Gasteiger partial charge in [-0.3, -0.25) is 14.6 Å². The van der Waals surface area contributed by atoms with E-state index in [1.807, 2.05) is 66.4 Å². The molecule has 1 saturated heterocycles. The fourth-order valence-corrected chi connectivity index (χ4v) is 3.92. The number of benzene rings is 1. The summed E-state index contributed by atoms with van der Waals surface area (Å²) < 4.78 is 0. The van der Waals surface area contributed by atoms with Gasteiger partial charge in [-0.25, -0.2) is 0 Å². The van der Waals surface area contributed by atoms with Gasteiger partial charge in [0.15, 0.2) is 0 Å². The van der Waals surface area contributed by atoms with Crippen LogP contribution in [0.2, 0.25) is 0 Å². The molecule has 2 amide bonds. The van der Waals surface area contributed by atoms with Crippen molar-refractivity contribution < 1.29 is 9.59 Å². The summed E-state index contributed by atoms with van der Waals surface area (Å²) in [6, 6.07) is 13.7. The number of hydrogen-bond donors (Lipinski definition) is 1. The van der Waals surface area contributed by atoms with Crippen LogP contribution in [0.15, 0.2) is 48.7 Å². The van der Waals surface area contributed by atoms with Crippen LogP contribution in [0, 0.1) is 5.92 Å². The van der Waals surface area contributed by atoms with E-state index in [-0.39, 0.29) is 23.8 Å². The summed E-state index contributed by atoms with van der Waals surface area (Å²) in [7, 11) is 4.00. The van der Waals surface area contributed by atoms with Crippen molar-refractivity contribution in [3.63, 3.8) is 0 Å². The number of amides is 2. The Morgan fingerprint density at radius 3 is 2.59 bits per heavy atom. The second kappa shape index (κ2) is 9.54. The molecule has 2 atom stereocenters. The zero-order chi connectivity index (χ0) is 20.8. The molecule has 1 aromatic carbocycles. The molecule has 1 aliphatic heterocycles. The molecule has 1 aromatic heterocycles. The Kier molecular flexibility index (Phi) is 6.86. The van der Waals surface area contributed by atoms with Crippen LogP contribution in [0.3, 0.4) is 0 Å². The third kappa shape index (κ3) is 5.56. The molecule has 2 heterocycles. The summed E-state index contributed by atoms with van der Waals surface area (Å²) in [4.78, 5) is 33.1. The lowest BCUT2D eigenvalue weighted by molar-refractivity contribution is -0.132. The van der Waals surface area contributed by atoms with E-state index < -0.39 is 0 Å². The Hall–Kier alpha value is -2.89. The van der Waals surface area contributed by atoms with Crippen LogP contribution in [-0.4, -0.2) is 48.9 Å².